The van der Waals surface area contributed by atoms with Gasteiger partial charge in [0.1, 0.15) is 0 Å². The summed E-state index contributed by atoms with van der Waals surface area (Å²) < 4.78 is 0. The first-order valence-corrected chi connectivity index (χ1v) is 8.44. The third-order valence-corrected chi connectivity index (χ3v) is 4.64. The lowest BCUT2D eigenvalue weighted by Crippen LogP contribution is -2.41. The molecule has 0 amide bonds. The van der Waals surface area contributed by atoms with Crippen molar-refractivity contribution in [3.8, 4) is 0 Å². The van der Waals surface area contributed by atoms with Gasteiger partial charge in [0.2, 0.25) is 0 Å². The Labute approximate surface area is 108 Å². The summed E-state index contributed by atoms with van der Waals surface area (Å²) in [5.41, 5.74) is 0. The lowest BCUT2D eigenvalue weighted by atomic mass is 10.0. The molecule has 0 saturated carbocycles. The van der Waals surface area contributed by atoms with Gasteiger partial charge in [-0.2, -0.15) is 11.8 Å². The molecule has 1 aliphatic rings. The minimum Gasteiger partial charge on any atom is -0.362 e. The summed E-state index contributed by atoms with van der Waals surface area (Å²) in [6.45, 7) is 7.79. The maximum Gasteiger partial charge on any atom is 0.156 e. The van der Waals surface area contributed by atoms with Gasteiger partial charge in [0.05, 0.1) is 0 Å². The summed E-state index contributed by atoms with van der Waals surface area (Å²) >= 11 is 3.78. The lowest BCUT2D eigenvalue weighted by molar-refractivity contribution is 0.442. The van der Waals surface area contributed by atoms with Gasteiger partial charge in [0.25, 0.3) is 0 Å². The van der Waals surface area contributed by atoms with Crippen LogP contribution < -0.4 is 5.32 Å². The zero-order valence-corrected chi connectivity index (χ0v) is 12.5. The Morgan fingerprint density at radius 3 is 2.88 bits per heavy atom. The number of amidine groups is 1. The summed E-state index contributed by atoms with van der Waals surface area (Å²) in [6.07, 6.45) is 3.42. The minimum atomic E-state index is 0.621. The van der Waals surface area contributed by atoms with E-state index in [0.717, 1.165) is 11.7 Å². The molecule has 0 bridgehead atoms. The maximum absolute atomic E-state index is 4.69. The van der Waals surface area contributed by atoms with Crippen LogP contribution in [0.1, 0.15) is 27.2 Å². The third kappa shape index (κ3) is 5.00. The van der Waals surface area contributed by atoms with E-state index in [4.69, 9.17) is 0 Å². The predicted molar refractivity (Wildman–Crippen MR) is 78.7 cm³/mol. The van der Waals surface area contributed by atoms with Crippen molar-refractivity contribution < 1.29 is 0 Å². The standard InChI is InChI=1S/C12H24N2S2/c1-9(2)11-5-6-16-12(14-11)13-7-10(3)8-15-4/h9-11H,5-8H2,1-4H3,(H,13,14). The van der Waals surface area contributed by atoms with Gasteiger partial charge in [-0.1, -0.05) is 32.5 Å². The van der Waals surface area contributed by atoms with Gasteiger partial charge in [-0.25, -0.2) is 0 Å². The highest BCUT2D eigenvalue weighted by Crippen LogP contribution is 2.19. The average Bonchev–Trinajstić information content (AvgIpc) is 2.27. The molecule has 2 atom stereocenters. The monoisotopic (exact) mass is 260 g/mol. The number of nitrogens with zero attached hydrogens (tertiary/aromatic N) is 1. The highest BCUT2D eigenvalue weighted by atomic mass is 32.2. The first-order valence-electron chi connectivity index (χ1n) is 6.06. The second-order valence-corrected chi connectivity index (χ2v) is 6.83. The van der Waals surface area contributed by atoms with Crippen molar-refractivity contribution in [3.63, 3.8) is 0 Å². The van der Waals surface area contributed by atoms with Crippen LogP contribution in [0.15, 0.2) is 4.99 Å². The van der Waals surface area contributed by atoms with E-state index in [1.165, 1.54) is 17.9 Å². The Balaban J connectivity index is 2.37. The molecule has 1 saturated heterocycles. The normalized spacial score (nSPS) is 25.8. The van der Waals surface area contributed by atoms with Crippen molar-refractivity contribution >= 4 is 28.7 Å². The Bertz CT molecular complexity index is 229. The first kappa shape index (κ1) is 14.2. The predicted octanol–water partition coefficient (Wildman–Crippen LogP) is 3.09. The molecule has 1 fully saturated rings. The van der Waals surface area contributed by atoms with E-state index < -0.39 is 0 Å². The van der Waals surface area contributed by atoms with Gasteiger partial charge >= 0.3 is 0 Å². The largest absolute Gasteiger partial charge is 0.362 e. The van der Waals surface area contributed by atoms with E-state index in [9.17, 15) is 0 Å². The maximum atomic E-state index is 4.69. The van der Waals surface area contributed by atoms with Crippen molar-refractivity contribution in [2.24, 2.45) is 16.8 Å². The number of hydrogen-bond donors (Lipinski definition) is 1. The molecule has 0 aromatic carbocycles. The fraction of sp³-hybridized carbons (Fsp3) is 0.917. The van der Waals surface area contributed by atoms with E-state index in [-0.39, 0.29) is 0 Å². The smallest absolute Gasteiger partial charge is 0.156 e. The van der Waals surface area contributed by atoms with Crippen LogP contribution in [0.2, 0.25) is 0 Å². The molecule has 0 radical (unpaired) electrons. The molecule has 16 heavy (non-hydrogen) atoms. The van der Waals surface area contributed by atoms with E-state index >= 15 is 0 Å². The first-order chi connectivity index (χ1) is 7.63. The molecule has 94 valence electrons. The van der Waals surface area contributed by atoms with Gasteiger partial charge in [0.15, 0.2) is 5.17 Å². The molecule has 0 aromatic rings. The summed E-state index contributed by atoms with van der Waals surface area (Å²) in [6, 6.07) is 0.621. The Morgan fingerprint density at radius 2 is 2.25 bits per heavy atom. The highest BCUT2D eigenvalue weighted by Gasteiger charge is 2.20. The van der Waals surface area contributed by atoms with Gasteiger partial charge in [0, 0.05) is 18.3 Å². The van der Waals surface area contributed by atoms with Crippen LogP contribution in [0.5, 0.6) is 0 Å². The van der Waals surface area contributed by atoms with Crippen molar-refractivity contribution in [2.75, 3.05) is 24.3 Å². The minimum absolute atomic E-state index is 0.621. The summed E-state index contributed by atoms with van der Waals surface area (Å²) in [5, 5.41) is 4.72. The number of nitrogens with one attached hydrogen (secondary N) is 1. The van der Waals surface area contributed by atoms with Crippen molar-refractivity contribution in [2.45, 2.75) is 33.2 Å². The summed E-state index contributed by atoms with van der Waals surface area (Å²) in [4.78, 5) is 4.69. The van der Waals surface area contributed by atoms with Crippen molar-refractivity contribution in [3.05, 3.63) is 0 Å². The van der Waals surface area contributed by atoms with Crippen LogP contribution >= 0.6 is 23.5 Å². The van der Waals surface area contributed by atoms with Crippen LogP contribution in [0.25, 0.3) is 0 Å². The van der Waals surface area contributed by atoms with Crippen molar-refractivity contribution in [1.82, 2.24) is 5.32 Å². The fourth-order valence-corrected chi connectivity index (χ4v) is 3.36. The summed E-state index contributed by atoms with van der Waals surface area (Å²) in [7, 11) is 0. The topological polar surface area (TPSA) is 24.4 Å². The van der Waals surface area contributed by atoms with Gasteiger partial charge in [-0.05, 0) is 30.3 Å². The number of thioether (sulfide) groups is 2. The second-order valence-electron chi connectivity index (χ2n) is 4.84. The van der Waals surface area contributed by atoms with Crippen LogP contribution in [-0.4, -0.2) is 35.5 Å². The molecule has 1 aliphatic heterocycles. The lowest BCUT2D eigenvalue weighted by Gasteiger charge is -2.28. The molecule has 0 aliphatic carbocycles. The van der Waals surface area contributed by atoms with E-state index in [0.29, 0.717) is 17.9 Å². The number of rotatable bonds is 5. The van der Waals surface area contributed by atoms with Gasteiger partial charge in [-0.3, -0.25) is 4.99 Å². The Morgan fingerprint density at radius 1 is 1.50 bits per heavy atom. The van der Waals surface area contributed by atoms with E-state index in [1.807, 2.05) is 23.5 Å². The SMILES string of the molecule is CSCC(C)CN=C1NC(C(C)C)CCS1. The fourth-order valence-electron chi connectivity index (χ4n) is 1.72. The van der Waals surface area contributed by atoms with Gasteiger partial charge in [-0.15, -0.1) is 0 Å². The molecule has 2 nitrogen and oxygen atoms in total. The molecule has 1 N–H and O–H groups in total. The molecule has 4 heteroatoms. The zero-order valence-electron chi connectivity index (χ0n) is 10.8. The Kier molecular flexibility index (Phi) is 6.66. The Hall–Kier alpha value is 0.170. The number of hydrogen-bond acceptors (Lipinski definition) is 3. The number of aliphatic imine (C=N–C) groups is 1. The third-order valence-electron chi connectivity index (χ3n) is 2.78. The molecular formula is C12H24N2S2. The van der Waals surface area contributed by atoms with Crippen LogP contribution in [0.3, 0.4) is 0 Å². The molecule has 2 unspecified atom stereocenters. The van der Waals surface area contributed by atoms with Crippen LogP contribution in [0, 0.1) is 11.8 Å². The highest BCUT2D eigenvalue weighted by molar-refractivity contribution is 8.13. The molecule has 1 rings (SSSR count). The molecule has 1 heterocycles. The molecular weight excluding hydrogens is 236 g/mol. The van der Waals surface area contributed by atoms with Crippen LogP contribution in [0.4, 0.5) is 0 Å². The van der Waals surface area contributed by atoms with E-state index in [2.05, 4.69) is 37.3 Å². The second kappa shape index (κ2) is 7.49. The molecule has 0 aromatic heterocycles. The average molecular weight is 260 g/mol. The molecule has 0 spiro atoms. The van der Waals surface area contributed by atoms with Crippen molar-refractivity contribution in [1.29, 1.82) is 0 Å². The van der Waals surface area contributed by atoms with Crippen LogP contribution in [-0.2, 0) is 0 Å². The van der Waals surface area contributed by atoms with E-state index in [1.54, 1.807) is 0 Å². The summed E-state index contributed by atoms with van der Waals surface area (Å²) in [5.74, 6) is 3.81. The quantitative estimate of drug-likeness (QED) is 0.822. The zero-order chi connectivity index (χ0) is 12.0. The van der Waals surface area contributed by atoms with Gasteiger partial charge < -0.3 is 5.32 Å².